The van der Waals surface area contributed by atoms with E-state index < -0.39 is 9.84 Å². The van der Waals surface area contributed by atoms with E-state index in [0.29, 0.717) is 28.4 Å². The first-order valence-corrected chi connectivity index (χ1v) is 10.9. The molecular weight excluding hydrogens is 378 g/mol. The van der Waals surface area contributed by atoms with Gasteiger partial charge in [-0.3, -0.25) is 14.5 Å². The molecule has 0 unspecified atom stereocenters. The van der Waals surface area contributed by atoms with Gasteiger partial charge in [-0.1, -0.05) is 12.1 Å². The van der Waals surface area contributed by atoms with Crippen LogP contribution in [0.1, 0.15) is 50.7 Å². The van der Waals surface area contributed by atoms with Crippen LogP contribution in [-0.2, 0) is 16.4 Å². The number of imide groups is 1. The topological polar surface area (TPSA) is 88.8 Å². The van der Waals surface area contributed by atoms with Crippen molar-refractivity contribution in [3.8, 4) is 0 Å². The predicted octanol–water partition coefficient (Wildman–Crippen LogP) is 2.41. The number of rotatable bonds is 4. The molecule has 0 saturated heterocycles. The maximum Gasteiger partial charge on any atom is 0.261 e. The van der Waals surface area contributed by atoms with Crippen LogP contribution in [0, 0.1) is 0 Å². The molecule has 1 fully saturated rings. The normalized spacial score (nSPS) is 16.8. The number of benzene rings is 1. The Bertz CT molecular complexity index is 1240. The monoisotopic (exact) mass is 395 g/mol. The van der Waals surface area contributed by atoms with Crippen molar-refractivity contribution in [3.63, 3.8) is 0 Å². The van der Waals surface area contributed by atoms with Crippen molar-refractivity contribution in [2.75, 3.05) is 6.26 Å². The highest BCUT2D eigenvalue weighted by Gasteiger charge is 2.35. The van der Waals surface area contributed by atoms with Crippen LogP contribution >= 0.6 is 0 Å². The van der Waals surface area contributed by atoms with E-state index in [4.69, 9.17) is 0 Å². The van der Waals surface area contributed by atoms with Gasteiger partial charge >= 0.3 is 0 Å². The Morgan fingerprint density at radius 1 is 1.07 bits per heavy atom. The largest absolute Gasteiger partial charge is 0.305 e. The number of hydrogen-bond acceptors (Lipinski definition) is 5. The summed E-state index contributed by atoms with van der Waals surface area (Å²) in [6.07, 6.45) is 6.84. The zero-order valence-electron chi connectivity index (χ0n) is 15.1. The van der Waals surface area contributed by atoms with Gasteiger partial charge in [-0.05, 0) is 42.5 Å². The van der Waals surface area contributed by atoms with E-state index in [-0.39, 0.29) is 23.3 Å². The van der Waals surface area contributed by atoms with Crippen molar-refractivity contribution in [1.82, 2.24) is 14.3 Å². The summed E-state index contributed by atoms with van der Waals surface area (Å²) < 4.78 is 26.2. The van der Waals surface area contributed by atoms with Crippen LogP contribution < -0.4 is 0 Å². The summed E-state index contributed by atoms with van der Waals surface area (Å²) in [4.78, 5) is 30.9. The Balaban J connectivity index is 1.56. The molecule has 2 aromatic heterocycles. The predicted molar refractivity (Wildman–Crippen MR) is 101 cm³/mol. The summed E-state index contributed by atoms with van der Waals surface area (Å²) in [6, 6.07) is 8.39. The first-order chi connectivity index (χ1) is 13.3. The summed E-state index contributed by atoms with van der Waals surface area (Å²) in [5, 5.41) is 0. The lowest BCUT2D eigenvalue weighted by Crippen LogP contribution is -2.29. The van der Waals surface area contributed by atoms with Crippen LogP contribution in [0.15, 0.2) is 47.6 Å². The number of carbonyl (C=O) groups excluding carboxylic acids is 2. The van der Waals surface area contributed by atoms with E-state index in [9.17, 15) is 18.0 Å². The molecule has 142 valence electrons. The molecule has 5 rings (SSSR count). The average Bonchev–Trinajstić information content (AvgIpc) is 3.38. The van der Waals surface area contributed by atoms with Gasteiger partial charge in [0, 0.05) is 18.6 Å². The zero-order chi connectivity index (χ0) is 19.6. The molecule has 0 N–H and O–H groups in total. The van der Waals surface area contributed by atoms with Crippen molar-refractivity contribution in [3.05, 3.63) is 65.1 Å². The smallest absolute Gasteiger partial charge is 0.261 e. The summed E-state index contributed by atoms with van der Waals surface area (Å²) in [5.74, 6) is -0.341. The van der Waals surface area contributed by atoms with Gasteiger partial charge in [0.05, 0.1) is 23.4 Å². The number of sulfone groups is 1. The Hall–Kier alpha value is -3.00. The number of amides is 2. The Morgan fingerprint density at radius 2 is 1.71 bits per heavy atom. The third kappa shape index (κ3) is 2.63. The fourth-order valence-corrected chi connectivity index (χ4v) is 4.51. The van der Waals surface area contributed by atoms with Crippen molar-refractivity contribution in [1.29, 1.82) is 0 Å². The van der Waals surface area contributed by atoms with E-state index in [2.05, 4.69) is 4.98 Å². The minimum absolute atomic E-state index is 0.00398. The third-order valence-electron chi connectivity index (χ3n) is 5.24. The molecule has 0 atom stereocenters. The number of carbonyl (C=O) groups is 2. The number of imidazole rings is 1. The lowest BCUT2D eigenvalue weighted by atomic mass is 10.1. The highest BCUT2D eigenvalue weighted by Crippen LogP contribution is 2.41. The van der Waals surface area contributed by atoms with Crippen molar-refractivity contribution < 1.29 is 18.0 Å². The second kappa shape index (κ2) is 5.75. The summed E-state index contributed by atoms with van der Waals surface area (Å²) in [7, 11) is -3.47. The van der Waals surface area contributed by atoms with E-state index in [1.165, 1.54) is 0 Å². The lowest BCUT2D eigenvalue weighted by Gasteiger charge is -2.11. The molecule has 28 heavy (non-hydrogen) atoms. The second-order valence-corrected chi connectivity index (χ2v) is 9.37. The molecule has 3 aromatic rings. The van der Waals surface area contributed by atoms with Crippen molar-refractivity contribution >= 4 is 27.3 Å². The Kier molecular flexibility index (Phi) is 3.51. The maximum atomic E-state index is 12.6. The van der Waals surface area contributed by atoms with Crippen LogP contribution in [-0.4, -0.2) is 40.8 Å². The van der Waals surface area contributed by atoms with Gasteiger partial charge in [0.25, 0.3) is 11.8 Å². The van der Waals surface area contributed by atoms with Crippen LogP contribution in [0.5, 0.6) is 0 Å². The number of pyridine rings is 1. The van der Waals surface area contributed by atoms with Crippen molar-refractivity contribution in [2.45, 2.75) is 30.2 Å². The molecule has 1 aliphatic heterocycles. The molecule has 8 heteroatoms. The van der Waals surface area contributed by atoms with Gasteiger partial charge in [-0.15, -0.1) is 0 Å². The molecule has 1 saturated carbocycles. The molecule has 0 radical (unpaired) electrons. The maximum absolute atomic E-state index is 12.6. The highest BCUT2D eigenvalue weighted by atomic mass is 32.2. The van der Waals surface area contributed by atoms with Crippen LogP contribution in [0.3, 0.4) is 0 Å². The molecule has 1 aliphatic carbocycles. The number of nitrogens with zero attached hydrogens (tertiary/aromatic N) is 3. The van der Waals surface area contributed by atoms with E-state index >= 15 is 0 Å². The fraction of sp³-hybridized carbons (Fsp3) is 0.250. The molecule has 2 amide bonds. The summed E-state index contributed by atoms with van der Waals surface area (Å²) in [6.45, 7) is -0.00398. The fourth-order valence-electron chi connectivity index (χ4n) is 3.67. The molecule has 7 nitrogen and oxygen atoms in total. The standard InChI is InChI=1S/C20H17N3O4S/c1-28(26,27)17-8-13(12-6-7-12)9-22-10-14(21-18(17)22)11-23-19(24)15-4-2-3-5-16(15)20(23)25/h2-5,8-10,12H,6-7,11H2,1H3. The second-order valence-electron chi connectivity index (χ2n) is 7.39. The first kappa shape index (κ1) is 17.1. The van der Waals surface area contributed by atoms with Crippen LogP contribution in [0.4, 0.5) is 0 Å². The van der Waals surface area contributed by atoms with Gasteiger partial charge in [0.2, 0.25) is 0 Å². The quantitative estimate of drug-likeness (QED) is 0.633. The molecular formula is C20H17N3O4S. The zero-order valence-corrected chi connectivity index (χ0v) is 15.9. The summed E-state index contributed by atoms with van der Waals surface area (Å²) >= 11 is 0. The minimum atomic E-state index is -3.47. The Morgan fingerprint density at radius 3 is 2.29 bits per heavy atom. The number of aromatic nitrogens is 2. The highest BCUT2D eigenvalue weighted by molar-refractivity contribution is 7.91. The first-order valence-electron chi connectivity index (χ1n) is 9.00. The van der Waals surface area contributed by atoms with Gasteiger partial charge < -0.3 is 4.40 Å². The van der Waals surface area contributed by atoms with Gasteiger partial charge in [0.1, 0.15) is 4.90 Å². The number of hydrogen-bond donors (Lipinski definition) is 0. The molecule has 2 aliphatic rings. The van der Waals surface area contributed by atoms with Crippen molar-refractivity contribution in [2.24, 2.45) is 0 Å². The van der Waals surface area contributed by atoms with Crippen LogP contribution in [0.25, 0.3) is 5.65 Å². The minimum Gasteiger partial charge on any atom is -0.305 e. The molecule has 1 aromatic carbocycles. The van der Waals surface area contributed by atoms with E-state index in [1.807, 2.05) is 6.20 Å². The third-order valence-corrected chi connectivity index (χ3v) is 6.33. The van der Waals surface area contributed by atoms with E-state index in [1.54, 1.807) is 40.9 Å². The molecule has 0 spiro atoms. The SMILES string of the molecule is CS(=O)(=O)c1cc(C2CC2)cn2cc(CN3C(=O)c4ccccc4C3=O)nc12. The average molecular weight is 395 g/mol. The van der Waals surface area contributed by atoms with Gasteiger partial charge in [0.15, 0.2) is 15.5 Å². The lowest BCUT2D eigenvalue weighted by molar-refractivity contribution is 0.0640. The Labute approximate surface area is 161 Å². The van der Waals surface area contributed by atoms with Crippen LogP contribution in [0.2, 0.25) is 0 Å². The van der Waals surface area contributed by atoms with Gasteiger partial charge in [-0.25, -0.2) is 13.4 Å². The van der Waals surface area contributed by atoms with E-state index in [0.717, 1.165) is 29.6 Å². The number of fused-ring (bicyclic) bond motifs is 2. The molecule has 3 heterocycles. The molecule has 0 bridgehead atoms. The van der Waals surface area contributed by atoms with Gasteiger partial charge in [-0.2, -0.15) is 0 Å². The summed E-state index contributed by atoms with van der Waals surface area (Å²) in [5.41, 5.74) is 2.51.